The molecule has 0 fully saturated rings. The zero-order valence-electron chi connectivity index (χ0n) is 15.1. The molecular formula is C16H26N4O3S2. The Labute approximate surface area is 153 Å². The zero-order chi connectivity index (χ0) is 18.7. The summed E-state index contributed by atoms with van der Waals surface area (Å²) in [7, 11) is -3.77. The summed E-state index contributed by atoms with van der Waals surface area (Å²) in [6, 6.07) is 5.02. The second-order valence-corrected chi connectivity index (χ2v) is 9.14. The Morgan fingerprint density at radius 1 is 1.36 bits per heavy atom. The molecule has 0 bridgehead atoms. The number of nitrogens with zero attached hydrogens (tertiary/aromatic N) is 2. The average molecular weight is 387 g/mol. The first-order valence-corrected chi connectivity index (χ1v) is 10.4. The molecule has 0 saturated heterocycles. The molecule has 25 heavy (non-hydrogen) atoms. The highest BCUT2D eigenvalue weighted by Gasteiger charge is 2.35. The van der Waals surface area contributed by atoms with Gasteiger partial charge < -0.3 is 11.1 Å². The van der Waals surface area contributed by atoms with Gasteiger partial charge in [-0.15, -0.1) is 0 Å². The van der Waals surface area contributed by atoms with Crippen LogP contribution >= 0.6 is 11.5 Å². The fraction of sp³-hybridized carbons (Fsp3) is 0.562. The summed E-state index contributed by atoms with van der Waals surface area (Å²) in [5.74, 6) is 0.759. The van der Waals surface area contributed by atoms with Crippen molar-refractivity contribution < 1.29 is 13.3 Å². The third-order valence-corrected chi connectivity index (χ3v) is 6.17. The van der Waals surface area contributed by atoms with Crippen molar-refractivity contribution >= 4 is 37.5 Å². The van der Waals surface area contributed by atoms with E-state index in [0.29, 0.717) is 6.54 Å². The molecule has 0 spiro atoms. The summed E-state index contributed by atoms with van der Waals surface area (Å²) in [4.78, 5) is 5.61. The van der Waals surface area contributed by atoms with Crippen molar-refractivity contribution in [1.82, 2.24) is 8.84 Å². The summed E-state index contributed by atoms with van der Waals surface area (Å²) in [5, 5.41) is 4.13. The Kier molecular flexibility index (Phi) is 6.39. The molecule has 0 aliphatic rings. The lowest BCUT2D eigenvalue weighted by Gasteiger charge is -2.32. The minimum absolute atomic E-state index is 0.195. The van der Waals surface area contributed by atoms with Crippen LogP contribution in [-0.2, 0) is 14.9 Å². The van der Waals surface area contributed by atoms with Crippen LogP contribution < -0.4 is 11.1 Å². The van der Waals surface area contributed by atoms with E-state index in [1.165, 1.54) is 11.5 Å². The number of anilines is 1. The molecule has 7 nitrogen and oxygen atoms in total. The molecule has 2 aromatic rings. The van der Waals surface area contributed by atoms with Crippen molar-refractivity contribution in [3.05, 3.63) is 18.2 Å². The molecule has 1 heterocycles. The summed E-state index contributed by atoms with van der Waals surface area (Å²) >= 11 is 1.27. The summed E-state index contributed by atoms with van der Waals surface area (Å²) < 4.78 is 32.2. The highest BCUT2D eigenvalue weighted by atomic mass is 32.2. The van der Waals surface area contributed by atoms with Gasteiger partial charge in [0.1, 0.15) is 5.82 Å². The van der Waals surface area contributed by atoms with Gasteiger partial charge in [0, 0.05) is 11.9 Å². The topological polar surface area (TPSA) is 97.5 Å². The molecule has 3 N–H and O–H groups in total. The van der Waals surface area contributed by atoms with Gasteiger partial charge in [-0.1, -0.05) is 4.47 Å². The van der Waals surface area contributed by atoms with Gasteiger partial charge in [0.05, 0.1) is 21.7 Å². The first-order chi connectivity index (χ1) is 11.7. The quantitative estimate of drug-likeness (QED) is 0.535. The molecular weight excluding hydrogens is 360 g/mol. The van der Waals surface area contributed by atoms with E-state index in [-0.39, 0.29) is 11.5 Å². The maximum absolute atomic E-state index is 13.0. The highest BCUT2D eigenvalue weighted by Crippen LogP contribution is 2.31. The minimum atomic E-state index is -3.77. The van der Waals surface area contributed by atoms with Crippen LogP contribution in [0.1, 0.15) is 34.1 Å². The Balaban J connectivity index is 2.37. The summed E-state index contributed by atoms with van der Waals surface area (Å²) in [6.07, 6.45) is 0.848. The first-order valence-electron chi connectivity index (χ1n) is 8.23. The molecule has 140 valence electrons. The molecule has 0 aliphatic carbocycles. The number of aromatic nitrogens is 1. The number of nitrogens with one attached hydrogen (secondary N) is 1. The Bertz CT molecular complexity index is 812. The number of hydrogen-bond donors (Lipinski definition) is 2. The summed E-state index contributed by atoms with van der Waals surface area (Å²) in [5.41, 5.74) is 4.81. The number of rotatable bonds is 8. The molecule has 0 unspecified atom stereocenters. The lowest BCUT2D eigenvalue weighted by atomic mass is 10.1. The van der Waals surface area contributed by atoms with Crippen molar-refractivity contribution in [2.75, 3.05) is 25.0 Å². The lowest BCUT2D eigenvalue weighted by Crippen LogP contribution is -2.45. The van der Waals surface area contributed by atoms with E-state index in [1.807, 2.05) is 0 Å². The molecule has 0 radical (unpaired) electrons. The van der Waals surface area contributed by atoms with E-state index in [4.69, 9.17) is 10.6 Å². The van der Waals surface area contributed by atoms with Crippen LogP contribution in [0.2, 0.25) is 0 Å². The third-order valence-electron chi connectivity index (χ3n) is 3.43. The molecule has 0 amide bonds. The van der Waals surface area contributed by atoms with Crippen LogP contribution in [0.25, 0.3) is 10.1 Å². The fourth-order valence-corrected chi connectivity index (χ4v) is 4.88. The van der Waals surface area contributed by atoms with Gasteiger partial charge in [0.15, 0.2) is 0 Å². The highest BCUT2D eigenvalue weighted by molar-refractivity contribution is 7.89. The number of benzene rings is 1. The lowest BCUT2D eigenvalue weighted by molar-refractivity contribution is -0.131. The number of fused-ring (bicyclic) bond motifs is 1. The normalized spacial score (nSPS) is 12.9. The molecule has 2 rings (SSSR count). The van der Waals surface area contributed by atoms with Crippen molar-refractivity contribution in [2.24, 2.45) is 5.73 Å². The molecule has 9 heteroatoms. The van der Waals surface area contributed by atoms with Gasteiger partial charge in [-0.25, -0.2) is 8.42 Å². The minimum Gasteiger partial charge on any atom is -0.369 e. The van der Waals surface area contributed by atoms with Crippen molar-refractivity contribution in [2.45, 2.75) is 44.6 Å². The predicted molar refractivity (Wildman–Crippen MR) is 102 cm³/mol. The molecule has 1 aromatic heterocycles. The number of nitrogens with two attached hydrogens (primary N) is 1. The van der Waals surface area contributed by atoms with Gasteiger partial charge in [0.2, 0.25) is 0 Å². The van der Waals surface area contributed by atoms with E-state index in [9.17, 15) is 8.42 Å². The Morgan fingerprint density at radius 3 is 2.68 bits per heavy atom. The second kappa shape index (κ2) is 7.96. The smallest absolute Gasteiger partial charge is 0.265 e. The zero-order valence-corrected chi connectivity index (χ0v) is 16.7. The fourth-order valence-electron chi connectivity index (χ4n) is 2.35. The molecule has 0 saturated carbocycles. The van der Waals surface area contributed by atoms with Crippen LogP contribution in [-0.4, -0.2) is 42.5 Å². The maximum Gasteiger partial charge on any atom is 0.265 e. The van der Waals surface area contributed by atoms with Gasteiger partial charge in [-0.2, -0.15) is 4.37 Å². The second-order valence-electron chi connectivity index (χ2n) is 6.58. The van der Waals surface area contributed by atoms with Crippen LogP contribution in [0, 0.1) is 0 Å². The average Bonchev–Trinajstić information content (AvgIpc) is 2.94. The van der Waals surface area contributed by atoms with E-state index >= 15 is 0 Å². The van der Waals surface area contributed by atoms with Crippen molar-refractivity contribution in [3.63, 3.8) is 0 Å². The monoisotopic (exact) mass is 386 g/mol. The first kappa shape index (κ1) is 20.1. The van der Waals surface area contributed by atoms with Crippen molar-refractivity contribution in [3.8, 4) is 0 Å². The molecule has 1 aromatic carbocycles. The van der Waals surface area contributed by atoms with Crippen LogP contribution in [0.4, 0.5) is 5.82 Å². The van der Waals surface area contributed by atoms with E-state index in [0.717, 1.165) is 33.3 Å². The van der Waals surface area contributed by atoms with E-state index < -0.39 is 15.6 Å². The van der Waals surface area contributed by atoms with Gasteiger partial charge in [-0.3, -0.25) is 4.84 Å². The van der Waals surface area contributed by atoms with E-state index in [2.05, 4.69) is 9.69 Å². The summed E-state index contributed by atoms with van der Waals surface area (Å²) in [6.45, 7) is 8.77. The van der Waals surface area contributed by atoms with Gasteiger partial charge in [-0.05, 0) is 70.4 Å². The van der Waals surface area contributed by atoms with Crippen LogP contribution in [0.5, 0.6) is 0 Å². The largest absolute Gasteiger partial charge is 0.369 e. The molecule has 0 atom stereocenters. The SMILES string of the molecule is CCON(C(C)(C)C)S(=O)(=O)c1ccc2c(NCCCN)nsc2c1. The predicted octanol–water partition coefficient (Wildman–Crippen LogP) is 2.80. The number of hydroxylamine groups is 1. The Morgan fingerprint density at radius 2 is 2.08 bits per heavy atom. The number of hydrogen-bond acceptors (Lipinski definition) is 7. The molecule has 0 aliphatic heterocycles. The van der Waals surface area contributed by atoms with Crippen LogP contribution in [0.3, 0.4) is 0 Å². The van der Waals surface area contributed by atoms with Crippen LogP contribution in [0.15, 0.2) is 23.1 Å². The Hall–Kier alpha value is -1.26. The maximum atomic E-state index is 13.0. The third kappa shape index (κ3) is 4.48. The van der Waals surface area contributed by atoms with Crippen molar-refractivity contribution in [1.29, 1.82) is 0 Å². The number of sulfonamides is 1. The standard InChI is InChI=1S/C16H26N4O3S2/c1-5-23-20(16(2,3)4)25(21,22)12-7-8-13-14(11-12)24-19-15(13)18-10-6-9-17/h7-8,11H,5-6,9-10,17H2,1-4H3,(H,18,19). The van der Waals surface area contributed by atoms with E-state index in [1.54, 1.807) is 45.9 Å². The van der Waals surface area contributed by atoms with Gasteiger partial charge in [0.25, 0.3) is 10.0 Å². The van der Waals surface area contributed by atoms with Gasteiger partial charge >= 0.3 is 0 Å².